The summed E-state index contributed by atoms with van der Waals surface area (Å²) in [7, 11) is 0. The Bertz CT molecular complexity index is 510. The lowest BCUT2D eigenvalue weighted by Gasteiger charge is -2.28. The maximum Gasteiger partial charge on any atom is 0.326 e. The Morgan fingerprint density at radius 3 is 1.84 bits per heavy atom. The van der Waals surface area contributed by atoms with Crippen molar-refractivity contribution in [2.45, 2.75) is 104 Å². The molecule has 0 aromatic rings. The van der Waals surface area contributed by atoms with Crippen LogP contribution >= 0.6 is 0 Å². The van der Waals surface area contributed by atoms with Crippen LogP contribution in [0.5, 0.6) is 0 Å². The fourth-order valence-corrected chi connectivity index (χ4v) is 3.23. The molecule has 0 heterocycles. The van der Waals surface area contributed by atoms with E-state index in [0.717, 1.165) is 26.2 Å². The Morgan fingerprint density at radius 2 is 1.42 bits per heavy atom. The van der Waals surface area contributed by atoms with Crippen molar-refractivity contribution in [2.75, 3.05) is 13.1 Å². The number of amides is 1. The van der Waals surface area contributed by atoms with Crippen molar-refractivity contribution in [3.05, 3.63) is 0 Å². The highest BCUT2D eigenvalue weighted by molar-refractivity contribution is 5.83. The second kappa shape index (κ2) is 20.9. The lowest BCUT2D eigenvalue weighted by atomic mass is 10.1. The molecule has 0 aliphatic carbocycles. The number of hydrogen-bond donors (Lipinski definition) is 5. The number of nitrogens with two attached hydrogens (primary N) is 1. The highest BCUT2D eigenvalue weighted by Crippen LogP contribution is 2.14. The van der Waals surface area contributed by atoms with Gasteiger partial charge in [-0.25, -0.2) is 4.79 Å². The fourth-order valence-electron chi connectivity index (χ4n) is 3.23. The van der Waals surface area contributed by atoms with Gasteiger partial charge in [-0.1, -0.05) is 58.3 Å². The Balaban J connectivity index is 0. The standard InChI is InChI=1S/C20H40N4O3.C2H4O2/c1-3-5-6-7-8-9-10-11-12-15-18(25)24(4-2)17(19(26)27)14-13-16-23-20(21)22;1-2(3)4/h17H,3-16H2,1-2H3,(H,26,27)(H4,21,22,23);1H3,(H,3,4)/t17-;/m0./s1. The van der Waals surface area contributed by atoms with Crippen LogP contribution in [0.4, 0.5) is 0 Å². The van der Waals surface area contributed by atoms with Gasteiger partial charge in [0.15, 0.2) is 5.96 Å². The number of guanidine groups is 1. The average molecular weight is 445 g/mol. The smallest absolute Gasteiger partial charge is 0.326 e. The van der Waals surface area contributed by atoms with E-state index in [1.807, 2.05) is 6.92 Å². The fraction of sp³-hybridized carbons (Fsp3) is 0.818. The molecule has 0 aromatic heterocycles. The molecule has 0 spiro atoms. The summed E-state index contributed by atoms with van der Waals surface area (Å²) >= 11 is 0. The number of nitrogens with one attached hydrogen (secondary N) is 2. The first kappa shape index (κ1) is 30.9. The molecule has 0 fully saturated rings. The average Bonchev–Trinajstić information content (AvgIpc) is 2.68. The van der Waals surface area contributed by atoms with Crippen LogP contribution < -0.4 is 11.1 Å². The van der Waals surface area contributed by atoms with Gasteiger partial charge < -0.3 is 26.2 Å². The van der Waals surface area contributed by atoms with Gasteiger partial charge in [0, 0.05) is 26.4 Å². The molecule has 9 nitrogen and oxygen atoms in total. The summed E-state index contributed by atoms with van der Waals surface area (Å²) in [6.45, 7) is 5.95. The van der Waals surface area contributed by atoms with Crippen LogP contribution in [0.25, 0.3) is 0 Å². The van der Waals surface area contributed by atoms with Crippen molar-refractivity contribution in [1.82, 2.24) is 10.2 Å². The van der Waals surface area contributed by atoms with E-state index in [-0.39, 0.29) is 11.9 Å². The first-order chi connectivity index (χ1) is 14.7. The third kappa shape index (κ3) is 20.7. The van der Waals surface area contributed by atoms with Crippen molar-refractivity contribution in [2.24, 2.45) is 5.73 Å². The predicted molar refractivity (Wildman–Crippen MR) is 123 cm³/mol. The SMILES string of the molecule is CC(=O)O.CCCCCCCCCCCC(=O)N(CC)[C@@H](CCCNC(=N)N)C(=O)O. The lowest BCUT2D eigenvalue weighted by molar-refractivity contribution is -0.150. The maximum atomic E-state index is 12.5. The Morgan fingerprint density at radius 1 is 0.935 bits per heavy atom. The topological polar surface area (TPSA) is 157 Å². The van der Waals surface area contributed by atoms with Crippen LogP contribution in [-0.2, 0) is 14.4 Å². The van der Waals surface area contributed by atoms with Crippen LogP contribution in [0, 0.1) is 5.41 Å². The van der Waals surface area contributed by atoms with Crippen LogP contribution in [0.1, 0.15) is 97.8 Å². The normalized spacial score (nSPS) is 11.1. The van der Waals surface area contributed by atoms with E-state index in [9.17, 15) is 14.7 Å². The zero-order valence-electron chi connectivity index (χ0n) is 19.6. The summed E-state index contributed by atoms with van der Waals surface area (Å²) in [5, 5.41) is 26.7. The van der Waals surface area contributed by atoms with Gasteiger partial charge in [-0.05, 0) is 26.2 Å². The molecule has 0 unspecified atom stereocenters. The second-order valence-corrected chi connectivity index (χ2v) is 7.61. The molecule has 0 saturated carbocycles. The zero-order valence-corrected chi connectivity index (χ0v) is 19.6. The molecule has 0 bridgehead atoms. The predicted octanol–water partition coefficient (Wildman–Crippen LogP) is 3.56. The molecule has 1 atom stereocenters. The van der Waals surface area contributed by atoms with Gasteiger partial charge in [0.25, 0.3) is 5.97 Å². The van der Waals surface area contributed by atoms with Crippen LogP contribution in [0.15, 0.2) is 0 Å². The van der Waals surface area contributed by atoms with Gasteiger partial charge in [-0.2, -0.15) is 0 Å². The number of nitrogens with zero attached hydrogens (tertiary/aromatic N) is 1. The molecule has 1 amide bonds. The van der Waals surface area contributed by atoms with E-state index >= 15 is 0 Å². The molecule has 0 saturated heterocycles. The first-order valence-electron chi connectivity index (χ1n) is 11.5. The van der Waals surface area contributed by atoms with Crippen molar-refractivity contribution in [3.8, 4) is 0 Å². The minimum atomic E-state index is -0.972. The maximum absolute atomic E-state index is 12.5. The molecule has 0 aliphatic rings. The quantitative estimate of drug-likeness (QED) is 0.130. The summed E-state index contributed by atoms with van der Waals surface area (Å²) in [6, 6.07) is -0.810. The number of aliphatic carboxylic acids is 2. The van der Waals surface area contributed by atoms with Gasteiger partial charge in [-0.15, -0.1) is 0 Å². The Hall–Kier alpha value is -2.32. The van der Waals surface area contributed by atoms with Crippen molar-refractivity contribution >= 4 is 23.8 Å². The number of carboxylic acid groups (broad SMARTS) is 2. The molecule has 182 valence electrons. The monoisotopic (exact) mass is 444 g/mol. The van der Waals surface area contributed by atoms with E-state index in [0.29, 0.717) is 32.4 Å². The summed E-state index contributed by atoms with van der Waals surface area (Å²) < 4.78 is 0. The summed E-state index contributed by atoms with van der Waals surface area (Å²) in [4.78, 5) is 34.5. The number of likely N-dealkylation sites (N-methyl/N-ethyl adjacent to an activating group) is 1. The van der Waals surface area contributed by atoms with Crippen LogP contribution in [-0.4, -0.2) is 58.0 Å². The van der Waals surface area contributed by atoms with E-state index in [1.165, 1.54) is 43.4 Å². The lowest BCUT2D eigenvalue weighted by Crippen LogP contribution is -2.45. The first-order valence-corrected chi connectivity index (χ1v) is 11.5. The third-order valence-corrected chi connectivity index (χ3v) is 4.79. The van der Waals surface area contributed by atoms with E-state index in [2.05, 4.69) is 12.2 Å². The van der Waals surface area contributed by atoms with Gasteiger partial charge in [0.2, 0.25) is 5.91 Å². The highest BCUT2D eigenvalue weighted by atomic mass is 16.4. The molecule has 0 aromatic carbocycles. The number of rotatable bonds is 17. The molecular formula is C22H44N4O5. The van der Waals surface area contributed by atoms with Crippen molar-refractivity contribution in [1.29, 1.82) is 5.41 Å². The Kier molecular flexibility index (Phi) is 20.8. The van der Waals surface area contributed by atoms with Gasteiger partial charge in [0.05, 0.1) is 0 Å². The van der Waals surface area contributed by atoms with E-state index in [4.69, 9.17) is 21.0 Å². The van der Waals surface area contributed by atoms with Crippen LogP contribution in [0.3, 0.4) is 0 Å². The molecule has 6 N–H and O–H groups in total. The van der Waals surface area contributed by atoms with E-state index in [1.54, 1.807) is 0 Å². The van der Waals surface area contributed by atoms with Gasteiger partial charge >= 0.3 is 5.97 Å². The summed E-state index contributed by atoms with van der Waals surface area (Å²) in [5.41, 5.74) is 5.21. The number of carbonyl (C=O) groups is 3. The van der Waals surface area contributed by atoms with E-state index < -0.39 is 18.0 Å². The Labute approximate surface area is 187 Å². The van der Waals surface area contributed by atoms with Crippen molar-refractivity contribution in [3.63, 3.8) is 0 Å². The second-order valence-electron chi connectivity index (χ2n) is 7.61. The molecule has 0 radical (unpaired) electrons. The molecular weight excluding hydrogens is 400 g/mol. The molecule has 0 aliphatic heterocycles. The minimum absolute atomic E-state index is 0.0765. The highest BCUT2D eigenvalue weighted by Gasteiger charge is 2.27. The minimum Gasteiger partial charge on any atom is -0.481 e. The summed E-state index contributed by atoms with van der Waals surface area (Å²) in [5.74, 6) is -2.01. The number of carboxylic acids is 2. The number of hydrogen-bond acceptors (Lipinski definition) is 4. The molecule has 9 heteroatoms. The molecule has 0 rings (SSSR count). The molecule has 31 heavy (non-hydrogen) atoms. The summed E-state index contributed by atoms with van der Waals surface area (Å²) in [6.07, 6.45) is 12.0. The third-order valence-electron chi connectivity index (χ3n) is 4.79. The van der Waals surface area contributed by atoms with Gasteiger partial charge in [0.1, 0.15) is 6.04 Å². The zero-order chi connectivity index (χ0) is 24.1. The van der Waals surface area contributed by atoms with Gasteiger partial charge in [-0.3, -0.25) is 15.0 Å². The van der Waals surface area contributed by atoms with Crippen molar-refractivity contribution < 1.29 is 24.6 Å². The number of unbranched alkanes of at least 4 members (excludes halogenated alkanes) is 8. The largest absolute Gasteiger partial charge is 0.481 e. The van der Waals surface area contributed by atoms with Crippen LogP contribution in [0.2, 0.25) is 0 Å². The number of carbonyl (C=O) groups excluding carboxylic acids is 1.